The topological polar surface area (TPSA) is 88.2 Å². The minimum Gasteiger partial charge on any atom is -0.321 e. The summed E-state index contributed by atoms with van der Waals surface area (Å²) in [7, 11) is -3.51. The van der Waals surface area contributed by atoms with Crippen LogP contribution in [0.5, 0.6) is 0 Å². The fourth-order valence-corrected chi connectivity index (χ4v) is 4.13. The highest BCUT2D eigenvalue weighted by Gasteiger charge is 2.14. The number of thiophene rings is 1. The van der Waals surface area contributed by atoms with Gasteiger partial charge in [-0.1, -0.05) is 12.1 Å². The number of sulfonamides is 1. The normalized spacial score (nSPS) is 11.2. The average molecular weight is 373 g/mol. The highest BCUT2D eigenvalue weighted by molar-refractivity contribution is 7.89. The van der Waals surface area contributed by atoms with E-state index < -0.39 is 10.0 Å². The number of anilines is 1. The molecule has 128 valence electrons. The third kappa shape index (κ3) is 4.50. The zero-order chi connectivity index (χ0) is 17.7. The van der Waals surface area contributed by atoms with E-state index in [9.17, 15) is 13.2 Å². The van der Waals surface area contributed by atoms with Crippen molar-refractivity contribution in [3.05, 3.63) is 76.7 Å². The van der Waals surface area contributed by atoms with Gasteiger partial charge in [0.25, 0.3) is 5.91 Å². The summed E-state index contributed by atoms with van der Waals surface area (Å²) in [5.41, 5.74) is 1.85. The molecule has 1 amide bonds. The lowest BCUT2D eigenvalue weighted by Gasteiger charge is -2.07. The Hall–Kier alpha value is -2.55. The molecule has 0 unspecified atom stereocenters. The van der Waals surface area contributed by atoms with Gasteiger partial charge >= 0.3 is 0 Å². The summed E-state index contributed by atoms with van der Waals surface area (Å²) >= 11 is 1.33. The van der Waals surface area contributed by atoms with Gasteiger partial charge in [0.1, 0.15) is 0 Å². The van der Waals surface area contributed by atoms with Crippen molar-refractivity contribution in [2.75, 3.05) is 5.32 Å². The van der Waals surface area contributed by atoms with Crippen LogP contribution in [-0.4, -0.2) is 19.3 Å². The van der Waals surface area contributed by atoms with Gasteiger partial charge in [0.2, 0.25) is 10.0 Å². The van der Waals surface area contributed by atoms with Crippen LogP contribution >= 0.6 is 11.3 Å². The molecule has 0 aliphatic carbocycles. The molecule has 0 atom stereocenters. The van der Waals surface area contributed by atoms with Crippen molar-refractivity contribution in [2.45, 2.75) is 11.4 Å². The summed E-state index contributed by atoms with van der Waals surface area (Å²) in [6.07, 6.45) is 3.19. The molecule has 2 aromatic heterocycles. The number of amides is 1. The number of carbonyl (C=O) groups excluding carboxylic acids is 1. The first-order valence-corrected chi connectivity index (χ1v) is 9.79. The molecule has 0 bridgehead atoms. The van der Waals surface area contributed by atoms with Gasteiger partial charge in [0, 0.05) is 23.7 Å². The molecule has 0 aliphatic rings. The number of hydrogen-bond donors (Lipinski definition) is 2. The SMILES string of the molecule is O=C(Nc1cccnc1)c1ccc(CNS(=O)(=O)c2ccsc2)cc1. The Morgan fingerprint density at radius 3 is 2.56 bits per heavy atom. The highest BCUT2D eigenvalue weighted by Crippen LogP contribution is 2.14. The smallest absolute Gasteiger partial charge is 0.255 e. The molecule has 6 nitrogen and oxygen atoms in total. The lowest BCUT2D eigenvalue weighted by atomic mass is 10.1. The average Bonchev–Trinajstić information content (AvgIpc) is 3.17. The summed E-state index contributed by atoms with van der Waals surface area (Å²) in [6, 6.07) is 11.8. The van der Waals surface area contributed by atoms with E-state index >= 15 is 0 Å². The zero-order valence-electron chi connectivity index (χ0n) is 13.0. The lowest BCUT2D eigenvalue weighted by Crippen LogP contribution is -2.22. The zero-order valence-corrected chi connectivity index (χ0v) is 14.7. The third-order valence-electron chi connectivity index (χ3n) is 3.41. The second-order valence-corrected chi connectivity index (χ2v) is 7.72. The Morgan fingerprint density at radius 2 is 1.92 bits per heavy atom. The number of benzene rings is 1. The van der Waals surface area contributed by atoms with Gasteiger partial charge in [-0.05, 0) is 41.3 Å². The van der Waals surface area contributed by atoms with Crippen LogP contribution in [0.4, 0.5) is 5.69 Å². The molecule has 0 aliphatic heterocycles. The van der Waals surface area contributed by atoms with E-state index in [1.807, 2.05) is 0 Å². The largest absolute Gasteiger partial charge is 0.321 e. The van der Waals surface area contributed by atoms with Crippen LogP contribution in [-0.2, 0) is 16.6 Å². The first-order valence-electron chi connectivity index (χ1n) is 7.37. The molecule has 3 aromatic rings. The summed E-state index contributed by atoms with van der Waals surface area (Å²) in [4.78, 5) is 16.3. The lowest BCUT2D eigenvalue weighted by molar-refractivity contribution is 0.102. The number of carbonyl (C=O) groups is 1. The van der Waals surface area contributed by atoms with Crippen LogP contribution in [0.2, 0.25) is 0 Å². The predicted molar refractivity (Wildman–Crippen MR) is 97.0 cm³/mol. The first kappa shape index (κ1) is 17.3. The Balaban J connectivity index is 1.61. The van der Waals surface area contributed by atoms with E-state index in [0.29, 0.717) is 11.3 Å². The molecule has 8 heteroatoms. The minimum absolute atomic E-state index is 0.155. The minimum atomic E-state index is -3.51. The molecule has 0 radical (unpaired) electrons. The molecule has 1 aromatic carbocycles. The molecule has 0 spiro atoms. The van der Waals surface area contributed by atoms with Crippen molar-refractivity contribution in [2.24, 2.45) is 0 Å². The van der Waals surface area contributed by atoms with Crippen molar-refractivity contribution in [1.29, 1.82) is 0 Å². The Morgan fingerprint density at radius 1 is 1.12 bits per heavy atom. The molecule has 0 saturated carbocycles. The maximum absolute atomic E-state index is 12.1. The molecule has 25 heavy (non-hydrogen) atoms. The highest BCUT2D eigenvalue weighted by atomic mass is 32.2. The van der Waals surface area contributed by atoms with Crippen molar-refractivity contribution in [3.63, 3.8) is 0 Å². The Kier molecular flexibility index (Phi) is 5.22. The molecule has 0 fully saturated rings. The van der Waals surface area contributed by atoms with Crippen LogP contribution < -0.4 is 10.0 Å². The Bertz CT molecular complexity index is 939. The quantitative estimate of drug-likeness (QED) is 0.695. The van der Waals surface area contributed by atoms with E-state index in [-0.39, 0.29) is 17.3 Å². The second kappa shape index (κ2) is 7.56. The number of rotatable bonds is 6. The van der Waals surface area contributed by atoms with Gasteiger partial charge in [-0.2, -0.15) is 11.3 Å². The predicted octanol–water partition coefficient (Wildman–Crippen LogP) is 2.87. The Labute approximate surface area is 149 Å². The van der Waals surface area contributed by atoms with E-state index in [1.54, 1.807) is 65.6 Å². The van der Waals surface area contributed by atoms with Crippen LogP contribution in [0.3, 0.4) is 0 Å². The number of nitrogens with one attached hydrogen (secondary N) is 2. The van der Waals surface area contributed by atoms with E-state index in [0.717, 1.165) is 5.56 Å². The molecule has 0 saturated heterocycles. The summed E-state index contributed by atoms with van der Waals surface area (Å²) in [5.74, 6) is -0.251. The van der Waals surface area contributed by atoms with Crippen molar-refractivity contribution in [3.8, 4) is 0 Å². The van der Waals surface area contributed by atoms with Crippen molar-refractivity contribution >= 4 is 33.0 Å². The summed E-state index contributed by atoms with van der Waals surface area (Å²) in [5, 5.41) is 6.03. The molecular weight excluding hydrogens is 358 g/mol. The van der Waals surface area contributed by atoms with Crippen LogP contribution in [0.15, 0.2) is 70.5 Å². The van der Waals surface area contributed by atoms with Gasteiger partial charge in [0.15, 0.2) is 0 Å². The number of hydrogen-bond acceptors (Lipinski definition) is 5. The fourth-order valence-electron chi connectivity index (χ4n) is 2.08. The standard InChI is InChI=1S/C17H15N3O3S2/c21-17(20-15-2-1-8-18-11-15)14-5-3-13(4-6-14)10-19-25(22,23)16-7-9-24-12-16/h1-9,11-12,19H,10H2,(H,20,21). The summed E-state index contributed by atoms with van der Waals surface area (Å²) < 4.78 is 26.7. The van der Waals surface area contributed by atoms with Gasteiger partial charge in [-0.3, -0.25) is 9.78 Å². The van der Waals surface area contributed by atoms with Gasteiger partial charge in [-0.15, -0.1) is 0 Å². The number of nitrogens with zero attached hydrogens (tertiary/aromatic N) is 1. The second-order valence-electron chi connectivity index (χ2n) is 5.18. The molecule has 2 N–H and O–H groups in total. The third-order valence-corrected chi connectivity index (χ3v) is 5.64. The first-order chi connectivity index (χ1) is 12.0. The van der Waals surface area contributed by atoms with Crippen LogP contribution in [0, 0.1) is 0 Å². The van der Waals surface area contributed by atoms with Gasteiger partial charge in [0.05, 0.1) is 16.8 Å². The molecular formula is C17H15N3O3S2. The van der Waals surface area contributed by atoms with E-state index in [2.05, 4.69) is 15.0 Å². The fraction of sp³-hybridized carbons (Fsp3) is 0.0588. The van der Waals surface area contributed by atoms with Gasteiger partial charge < -0.3 is 5.32 Å². The van der Waals surface area contributed by atoms with Crippen LogP contribution in [0.25, 0.3) is 0 Å². The number of pyridine rings is 1. The molecule has 3 rings (SSSR count). The maximum Gasteiger partial charge on any atom is 0.255 e. The van der Waals surface area contributed by atoms with E-state index in [4.69, 9.17) is 0 Å². The molecule has 2 heterocycles. The van der Waals surface area contributed by atoms with Gasteiger partial charge in [-0.25, -0.2) is 13.1 Å². The summed E-state index contributed by atoms with van der Waals surface area (Å²) in [6.45, 7) is 0.155. The van der Waals surface area contributed by atoms with Crippen molar-refractivity contribution in [1.82, 2.24) is 9.71 Å². The monoisotopic (exact) mass is 373 g/mol. The van der Waals surface area contributed by atoms with Crippen molar-refractivity contribution < 1.29 is 13.2 Å². The number of aromatic nitrogens is 1. The maximum atomic E-state index is 12.1. The van der Waals surface area contributed by atoms with Crippen LogP contribution in [0.1, 0.15) is 15.9 Å². The van der Waals surface area contributed by atoms with E-state index in [1.165, 1.54) is 11.3 Å².